The van der Waals surface area contributed by atoms with Crippen LogP contribution in [0.3, 0.4) is 0 Å². The van der Waals surface area contributed by atoms with Gasteiger partial charge in [0.15, 0.2) is 0 Å². The highest BCUT2D eigenvalue weighted by molar-refractivity contribution is 6.22. The molecule has 1 unspecified atom stereocenters. The summed E-state index contributed by atoms with van der Waals surface area (Å²) in [6.45, 7) is 4.13. The first-order chi connectivity index (χ1) is 10.4. The van der Waals surface area contributed by atoms with Gasteiger partial charge in [-0.05, 0) is 24.5 Å². The Hall–Kier alpha value is -1.92. The Morgan fingerprint density at radius 1 is 1.17 bits per heavy atom. The van der Waals surface area contributed by atoms with Gasteiger partial charge in [-0.1, -0.05) is 26.0 Å². The van der Waals surface area contributed by atoms with Crippen molar-refractivity contribution in [1.82, 2.24) is 10.2 Å². The summed E-state index contributed by atoms with van der Waals surface area (Å²) in [6.07, 6.45) is 0.754. The van der Waals surface area contributed by atoms with Crippen molar-refractivity contribution in [3.8, 4) is 0 Å². The minimum atomic E-state index is -0.427. The molecular formula is C16H22ClN3O3. The third-order valence-electron chi connectivity index (χ3n) is 3.59. The number of nitrogens with two attached hydrogens (primary N) is 1. The van der Waals surface area contributed by atoms with Gasteiger partial charge in [0.05, 0.1) is 11.1 Å². The lowest BCUT2D eigenvalue weighted by Gasteiger charge is -2.20. The molecule has 0 aromatic heterocycles. The zero-order valence-corrected chi connectivity index (χ0v) is 14.1. The van der Waals surface area contributed by atoms with E-state index in [0.29, 0.717) is 23.6 Å². The number of fused-ring (bicyclic) bond motifs is 1. The van der Waals surface area contributed by atoms with Crippen molar-refractivity contribution in [2.24, 2.45) is 11.7 Å². The maximum absolute atomic E-state index is 12.2. The quantitative estimate of drug-likeness (QED) is 0.761. The van der Waals surface area contributed by atoms with Crippen molar-refractivity contribution in [2.75, 3.05) is 13.1 Å². The highest BCUT2D eigenvalue weighted by Gasteiger charge is 2.36. The average Bonchev–Trinajstić information content (AvgIpc) is 2.72. The molecule has 1 heterocycles. The summed E-state index contributed by atoms with van der Waals surface area (Å²) in [5.41, 5.74) is 6.33. The van der Waals surface area contributed by atoms with E-state index in [1.165, 1.54) is 0 Å². The predicted molar refractivity (Wildman–Crippen MR) is 89.5 cm³/mol. The number of carbonyl (C=O) groups excluding carboxylic acids is 3. The van der Waals surface area contributed by atoms with Crippen LogP contribution in [0.2, 0.25) is 0 Å². The highest BCUT2D eigenvalue weighted by atomic mass is 35.5. The lowest BCUT2D eigenvalue weighted by atomic mass is 10.0. The number of hydrogen-bond donors (Lipinski definition) is 2. The van der Waals surface area contributed by atoms with E-state index in [0.717, 1.165) is 11.3 Å². The first kappa shape index (κ1) is 19.1. The molecule has 6 nitrogen and oxygen atoms in total. The molecule has 0 saturated heterocycles. The number of carbonyl (C=O) groups is 3. The van der Waals surface area contributed by atoms with Crippen LogP contribution in [0, 0.1) is 5.92 Å². The molecule has 0 fully saturated rings. The summed E-state index contributed by atoms with van der Waals surface area (Å²) in [5, 5.41) is 2.78. The van der Waals surface area contributed by atoms with Crippen molar-refractivity contribution in [2.45, 2.75) is 26.3 Å². The number of hydrogen-bond acceptors (Lipinski definition) is 4. The molecule has 0 radical (unpaired) electrons. The van der Waals surface area contributed by atoms with Crippen LogP contribution < -0.4 is 11.1 Å². The zero-order valence-electron chi connectivity index (χ0n) is 13.2. The van der Waals surface area contributed by atoms with E-state index in [9.17, 15) is 14.4 Å². The van der Waals surface area contributed by atoms with Gasteiger partial charge in [-0.25, -0.2) is 0 Å². The van der Waals surface area contributed by atoms with E-state index in [2.05, 4.69) is 5.32 Å². The zero-order chi connectivity index (χ0) is 16.3. The fraction of sp³-hybridized carbons (Fsp3) is 0.438. The highest BCUT2D eigenvalue weighted by Crippen LogP contribution is 2.21. The number of benzene rings is 1. The van der Waals surface area contributed by atoms with Crippen molar-refractivity contribution in [3.63, 3.8) is 0 Å². The molecular weight excluding hydrogens is 318 g/mol. The van der Waals surface area contributed by atoms with E-state index >= 15 is 0 Å². The van der Waals surface area contributed by atoms with Gasteiger partial charge in [0.25, 0.3) is 11.8 Å². The monoisotopic (exact) mass is 339 g/mol. The summed E-state index contributed by atoms with van der Waals surface area (Å²) in [6, 6.07) is 6.42. The molecule has 7 heteroatoms. The summed E-state index contributed by atoms with van der Waals surface area (Å²) in [4.78, 5) is 37.4. The van der Waals surface area contributed by atoms with Crippen LogP contribution in [0.5, 0.6) is 0 Å². The standard InChI is InChI=1S/C16H21N3O3.ClH/c1-10(2)7-11(8-17)18-14(20)9-19-15(21)12-5-3-4-6-13(12)16(19)22;/h3-6,10-11H,7-9,17H2,1-2H3,(H,18,20);1H. The van der Waals surface area contributed by atoms with Gasteiger partial charge in [-0.15, -0.1) is 12.4 Å². The molecule has 3 N–H and O–H groups in total. The van der Waals surface area contributed by atoms with Crippen LogP contribution >= 0.6 is 12.4 Å². The second-order valence-electron chi connectivity index (χ2n) is 5.87. The fourth-order valence-corrected chi connectivity index (χ4v) is 2.58. The molecule has 1 aromatic rings. The molecule has 1 atom stereocenters. The largest absolute Gasteiger partial charge is 0.351 e. The summed E-state index contributed by atoms with van der Waals surface area (Å²) < 4.78 is 0. The first-order valence-corrected chi connectivity index (χ1v) is 7.38. The predicted octanol–water partition coefficient (Wildman–Crippen LogP) is 1.19. The van der Waals surface area contributed by atoms with Gasteiger partial charge in [0.2, 0.25) is 5.91 Å². The Morgan fingerprint density at radius 3 is 2.13 bits per heavy atom. The number of amides is 3. The molecule has 3 amide bonds. The van der Waals surface area contributed by atoms with Crippen molar-refractivity contribution in [1.29, 1.82) is 0 Å². The maximum atomic E-state index is 12.2. The van der Waals surface area contributed by atoms with E-state index in [1.54, 1.807) is 24.3 Å². The smallest absolute Gasteiger partial charge is 0.262 e. The van der Waals surface area contributed by atoms with Crippen molar-refractivity contribution in [3.05, 3.63) is 35.4 Å². The van der Waals surface area contributed by atoms with Gasteiger partial charge >= 0.3 is 0 Å². The molecule has 0 spiro atoms. The van der Waals surface area contributed by atoms with Crippen LogP contribution in [-0.4, -0.2) is 41.8 Å². The SMILES string of the molecule is CC(C)CC(CN)NC(=O)CN1C(=O)c2ccccc2C1=O.Cl. The van der Waals surface area contributed by atoms with Crippen LogP contribution in [-0.2, 0) is 4.79 Å². The molecule has 126 valence electrons. The van der Waals surface area contributed by atoms with Crippen LogP contribution in [0.25, 0.3) is 0 Å². The number of nitrogens with one attached hydrogen (secondary N) is 1. The van der Waals surface area contributed by atoms with Gasteiger partial charge < -0.3 is 11.1 Å². The van der Waals surface area contributed by atoms with Crippen LogP contribution in [0.4, 0.5) is 0 Å². The third kappa shape index (κ3) is 4.30. The van der Waals surface area contributed by atoms with Crippen LogP contribution in [0.1, 0.15) is 41.0 Å². The molecule has 2 rings (SSSR count). The van der Waals surface area contributed by atoms with E-state index in [-0.39, 0.29) is 30.9 Å². The van der Waals surface area contributed by atoms with Crippen LogP contribution in [0.15, 0.2) is 24.3 Å². The number of rotatable bonds is 6. The lowest BCUT2D eigenvalue weighted by Crippen LogP contribution is -2.46. The lowest BCUT2D eigenvalue weighted by molar-refractivity contribution is -0.122. The molecule has 23 heavy (non-hydrogen) atoms. The fourth-order valence-electron chi connectivity index (χ4n) is 2.58. The minimum absolute atomic E-state index is 0. The van der Waals surface area contributed by atoms with Gasteiger partial charge in [0.1, 0.15) is 6.54 Å². The number of imide groups is 1. The van der Waals surface area contributed by atoms with E-state index in [4.69, 9.17) is 5.73 Å². The number of nitrogens with zero attached hydrogens (tertiary/aromatic N) is 1. The average molecular weight is 340 g/mol. The van der Waals surface area contributed by atoms with Gasteiger partial charge in [-0.2, -0.15) is 0 Å². The third-order valence-corrected chi connectivity index (χ3v) is 3.59. The Kier molecular flexibility index (Phi) is 6.72. The molecule has 0 aliphatic carbocycles. The van der Waals surface area contributed by atoms with Crippen molar-refractivity contribution < 1.29 is 14.4 Å². The van der Waals surface area contributed by atoms with Crippen molar-refractivity contribution >= 4 is 30.1 Å². The molecule has 1 aliphatic heterocycles. The molecule has 1 aromatic carbocycles. The Bertz CT molecular complexity index is 569. The van der Waals surface area contributed by atoms with E-state index in [1.807, 2.05) is 13.8 Å². The first-order valence-electron chi connectivity index (χ1n) is 7.38. The molecule has 1 aliphatic rings. The van der Waals surface area contributed by atoms with E-state index < -0.39 is 11.8 Å². The Morgan fingerprint density at radius 2 is 1.70 bits per heavy atom. The molecule has 0 saturated carbocycles. The minimum Gasteiger partial charge on any atom is -0.351 e. The number of halogens is 1. The van der Waals surface area contributed by atoms with Gasteiger partial charge in [-0.3, -0.25) is 19.3 Å². The normalized spacial score (nSPS) is 14.5. The maximum Gasteiger partial charge on any atom is 0.262 e. The topological polar surface area (TPSA) is 92.5 Å². The second kappa shape index (κ2) is 8.08. The Balaban J connectivity index is 0.00000264. The summed E-state index contributed by atoms with van der Waals surface area (Å²) in [7, 11) is 0. The second-order valence-corrected chi connectivity index (χ2v) is 5.87. The molecule has 0 bridgehead atoms. The Labute approximate surface area is 141 Å². The summed E-state index contributed by atoms with van der Waals surface area (Å²) in [5.74, 6) is -0.827. The van der Waals surface area contributed by atoms with Gasteiger partial charge in [0, 0.05) is 12.6 Å². The summed E-state index contributed by atoms with van der Waals surface area (Å²) >= 11 is 0.